The molecule has 0 spiro atoms. The van der Waals surface area contributed by atoms with E-state index < -0.39 is 46.1 Å². The summed E-state index contributed by atoms with van der Waals surface area (Å²) in [4.78, 5) is 11.6. The molecule has 0 aliphatic heterocycles. The summed E-state index contributed by atoms with van der Waals surface area (Å²) in [6.07, 6.45) is 0.156. The van der Waals surface area contributed by atoms with Gasteiger partial charge in [-0.15, -0.1) is 0 Å². The van der Waals surface area contributed by atoms with Gasteiger partial charge in [0.15, 0.2) is 23.3 Å². The van der Waals surface area contributed by atoms with Gasteiger partial charge in [-0.3, -0.25) is 4.79 Å². The van der Waals surface area contributed by atoms with Gasteiger partial charge in [-0.25, -0.2) is 22.0 Å². The molecule has 0 radical (unpaired) electrons. The summed E-state index contributed by atoms with van der Waals surface area (Å²) < 4.78 is 66.0. The number of rotatable bonds is 4. The predicted octanol–water partition coefficient (Wildman–Crippen LogP) is 2.57. The van der Waals surface area contributed by atoms with E-state index in [1.807, 2.05) is 0 Å². The molecular formula is C12H11F5N2OS. The maximum absolute atomic E-state index is 13.5. The molecule has 0 saturated heterocycles. The highest BCUT2D eigenvalue weighted by molar-refractivity contribution is 7.80. The normalized spacial score (nSPS) is 13.7. The van der Waals surface area contributed by atoms with E-state index in [4.69, 9.17) is 18.0 Å². The van der Waals surface area contributed by atoms with Crippen molar-refractivity contribution in [3.63, 3.8) is 0 Å². The van der Waals surface area contributed by atoms with E-state index in [2.05, 4.69) is 5.32 Å². The number of halogens is 5. The third-order valence-corrected chi connectivity index (χ3v) is 3.53. The average Bonchev–Trinajstić information content (AvgIpc) is 2.42. The molecule has 3 N–H and O–H groups in total. The molecule has 116 valence electrons. The molecule has 0 aliphatic rings. The second kappa shape index (κ2) is 5.92. The Labute approximate surface area is 122 Å². The molecule has 0 aromatic heterocycles. The lowest BCUT2D eigenvalue weighted by atomic mass is 9.98. The van der Waals surface area contributed by atoms with E-state index >= 15 is 0 Å². The third kappa shape index (κ3) is 2.97. The molecule has 0 bridgehead atoms. The van der Waals surface area contributed by atoms with Gasteiger partial charge in [-0.1, -0.05) is 19.1 Å². The van der Waals surface area contributed by atoms with E-state index in [0.29, 0.717) is 0 Å². The first-order valence-electron chi connectivity index (χ1n) is 5.70. The average molecular weight is 326 g/mol. The SMILES string of the molecule is CCC(C)(NC(=O)c1c(F)c(F)c(F)c(F)c1F)C(N)=S. The van der Waals surface area contributed by atoms with Gasteiger partial charge >= 0.3 is 0 Å². The van der Waals surface area contributed by atoms with Crippen LogP contribution in [-0.2, 0) is 0 Å². The molecule has 0 aliphatic carbocycles. The van der Waals surface area contributed by atoms with Gasteiger partial charge in [0.05, 0.1) is 10.5 Å². The summed E-state index contributed by atoms with van der Waals surface area (Å²) in [7, 11) is 0. The van der Waals surface area contributed by atoms with Crippen molar-refractivity contribution < 1.29 is 26.7 Å². The molecule has 9 heteroatoms. The van der Waals surface area contributed by atoms with Gasteiger partial charge in [0.25, 0.3) is 5.91 Å². The lowest BCUT2D eigenvalue weighted by Crippen LogP contribution is -2.54. The van der Waals surface area contributed by atoms with E-state index in [1.54, 1.807) is 6.92 Å². The van der Waals surface area contributed by atoms with Crippen molar-refractivity contribution in [1.82, 2.24) is 5.32 Å². The molecule has 1 aromatic rings. The van der Waals surface area contributed by atoms with Gasteiger partial charge in [-0.05, 0) is 13.3 Å². The first-order chi connectivity index (χ1) is 9.56. The Morgan fingerprint density at radius 1 is 1.10 bits per heavy atom. The van der Waals surface area contributed by atoms with Crippen molar-refractivity contribution in [2.45, 2.75) is 25.8 Å². The summed E-state index contributed by atoms with van der Waals surface area (Å²) in [6.45, 7) is 2.93. The Balaban J connectivity index is 3.36. The Morgan fingerprint density at radius 3 is 1.81 bits per heavy atom. The number of nitrogens with one attached hydrogen (secondary N) is 1. The van der Waals surface area contributed by atoms with Crippen LogP contribution in [0.25, 0.3) is 0 Å². The van der Waals surface area contributed by atoms with Crippen LogP contribution >= 0.6 is 12.2 Å². The fourth-order valence-electron chi connectivity index (χ4n) is 1.44. The number of carbonyl (C=O) groups excluding carboxylic acids is 1. The zero-order valence-corrected chi connectivity index (χ0v) is 11.8. The van der Waals surface area contributed by atoms with Crippen molar-refractivity contribution in [2.75, 3.05) is 0 Å². The second-order valence-electron chi connectivity index (χ2n) is 4.45. The highest BCUT2D eigenvalue weighted by atomic mass is 32.1. The summed E-state index contributed by atoms with van der Waals surface area (Å²) >= 11 is 4.70. The summed E-state index contributed by atoms with van der Waals surface area (Å²) in [6, 6.07) is 0. The zero-order chi connectivity index (χ0) is 16.5. The van der Waals surface area contributed by atoms with Gasteiger partial charge < -0.3 is 11.1 Å². The lowest BCUT2D eigenvalue weighted by Gasteiger charge is -2.28. The minimum atomic E-state index is -2.34. The largest absolute Gasteiger partial charge is 0.391 e. The number of benzene rings is 1. The predicted molar refractivity (Wildman–Crippen MR) is 69.2 cm³/mol. The van der Waals surface area contributed by atoms with Crippen molar-refractivity contribution in [3.8, 4) is 0 Å². The number of hydrogen-bond acceptors (Lipinski definition) is 2. The lowest BCUT2D eigenvalue weighted by molar-refractivity contribution is 0.0914. The molecule has 1 atom stereocenters. The Morgan fingerprint density at radius 2 is 1.48 bits per heavy atom. The summed E-state index contributed by atoms with van der Waals surface area (Å²) in [5.41, 5.74) is 2.48. The van der Waals surface area contributed by atoms with Crippen LogP contribution in [0.5, 0.6) is 0 Å². The molecule has 1 rings (SSSR count). The Kier molecular flexibility index (Phi) is 4.87. The first-order valence-corrected chi connectivity index (χ1v) is 6.11. The fraction of sp³-hybridized carbons (Fsp3) is 0.333. The molecule has 0 saturated carbocycles. The van der Waals surface area contributed by atoms with Crippen LogP contribution in [0.3, 0.4) is 0 Å². The maximum Gasteiger partial charge on any atom is 0.258 e. The Hall–Kier alpha value is -1.77. The number of nitrogens with two attached hydrogens (primary N) is 1. The highest BCUT2D eigenvalue weighted by Crippen LogP contribution is 2.23. The van der Waals surface area contributed by atoms with Gasteiger partial charge in [-0.2, -0.15) is 0 Å². The zero-order valence-electron chi connectivity index (χ0n) is 11.0. The minimum Gasteiger partial charge on any atom is -0.391 e. The minimum absolute atomic E-state index is 0.156. The Bertz CT molecular complexity index is 593. The molecule has 1 unspecified atom stereocenters. The van der Waals surface area contributed by atoms with Gasteiger partial charge in [0.2, 0.25) is 5.82 Å². The second-order valence-corrected chi connectivity index (χ2v) is 4.89. The molecule has 3 nitrogen and oxygen atoms in total. The van der Waals surface area contributed by atoms with Crippen molar-refractivity contribution in [1.29, 1.82) is 0 Å². The smallest absolute Gasteiger partial charge is 0.258 e. The topological polar surface area (TPSA) is 55.1 Å². The maximum atomic E-state index is 13.5. The van der Waals surface area contributed by atoms with Crippen LogP contribution in [0.4, 0.5) is 22.0 Å². The highest BCUT2D eigenvalue weighted by Gasteiger charge is 2.34. The molecule has 1 aromatic carbocycles. The number of thiocarbonyl (C=S) groups is 1. The van der Waals surface area contributed by atoms with Gasteiger partial charge in [0, 0.05) is 0 Å². The van der Waals surface area contributed by atoms with Crippen molar-refractivity contribution >= 4 is 23.1 Å². The van der Waals surface area contributed by atoms with E-state index in [-0.39, 0.29) is 11.4 Å². The van der Waals surface area contributed by atoms with Crippen LogP contribution in [0, 0.1) is 29.1 Å². The van der Waals surface area contributed by atoms with Crippen LogP contribution < -0.4 is 11.1 Å². The van der Waals surface area contributed by atoms with Crippen molar-refractivity contribution in [3.05, 3.63) is 34.6 Å². The number of hydrogen-bond donors (Lipinski definition) is 2. The van der Waals surface area contributed by atoms with E-state index in [1.165, 1.54) is 6.92 Å². The molecule has 1 amide bonds. The van der Waals surface area contributed by atoms with Crippen LogP contribution in [0.1, 0.15) is 30.6 Å². The first kappa shape index (κ1) is 17.3. The van der Waals surface area contributed by atoms with Crippen molar-refractivity contribution in [2.24, 2.45) is 5.73 Å². The molecule has 0 fully saturated rings. The van der Waals surface area contributed by atoms with Crippen LogP contribution in [0.2, 0.25) is 0 Å². The summed E-state index contributed by atoms with van der Waals surface area (Å²) in [5.74, 6) is -12.7. The van der Waals surface area contributed by atoms with Crippen LogP contribution in [0.15, 0.2) is 0 Å². The van der Waals surface area contributed by atoms with E-state index in [9.17, 15) is 26.7 Å². The number of amides is 1. The molecule has 0 heterocycles. The quantitative estimate of drug-likeness (QED) is 0.387. The molecular weight excluding hydrogens is 315 g/mol. The van der Waals surface area contributed by atoms with E-state index in [0.717, 1.165) is 0 Å². The summed E-state index contributed by atoms with van der Waals surface area (Å²) in [5, 5.41) is 2.07. The third-order valence-electron chi connectivity index (χ3n) is 3.08. The monoisotopic (exact) mass is 326 g/mol. The number of carbonyl (C=O) groups is 1. The fourth-order valence-corrected chi connectivity index (χ4v) is 1.64. The van der Waals surface area contributed by atoms with Crippen LogP contribution in [-0.4, -0.2) is 16.4 Å². The molecule has 21 heavy (non-hydrogen) atoms. The van der Waals surface area contributed by atoms with Gasteiger partial charge in [0.1, 0.15) is 5.56 Å². The standard InChI is InChI=1S/C12H11F5N2OS/c1-3-12(2,11(18)21)19-10(20)4-5(13)7(15)9(17)8(16)6(4)14/h3H2,1-2H3,(H2,18,21)(H,19,20).